The summed E-state index contributed by atoms with van der Waals surface area (Å²) in [5, 5.41) is 1.50. The predicted octanol–water partition coefficient (Wildman–Crippen LogP) is 1.64. The Hall–Kier alpha value is -1.24. The minimum Gasteiger partial charge on any atom is -0.741 e. The Kier molecular flexibility index (Phi) is 9.09. The Labute approximate surface area is 193 Å². The van der Waals surface area contributed by atoms with Crippen LogP contribution in [0.4, 0.5) is 13.2 Å². The maximum absolute atomic E-state index is 12.7. The van der Waals surface area contributed by atoms with Crippen LogP contribution in [0.1, 0.15) is 31.1 Å². The normalized spacial score (nSPS) is 12.7. The van der Waals surface area contributed by atoms with Crippen molar-refractivity contribution in [3.8, 4) is 0 Å². The van der Waals surface area contributed by atoms with Gasteiger partial charge in [-0.05, 0) is 17.3 Å². The third-order valence-corrected chi connectivity index (χ3v) is 9.89. The lowest BCUT2D eigenvalue weighted by atomic mass is 9.87. The predicted molar refractivity (Wildman–Crippen MR) is 113 cm³/mol. The fourth-order valence-electron chi connectivity index (χ4n) is 2.37. The number of ketones is 1. The molecule has 0 saturated heterocycles. The molecule has 0 saturated carbocycles. The van der Waals surface area contributed by atoms with Crippen LogP contribution in [-0.4, -0.2) is 32.3 Å². The van der Waals surface area contributed by atoms with E-state index in [1.165, 1.54) is 12.3 Å². The number of Topliss-reactive ketones (excluding diaryl/α,β-unsaturated/α-hetero) is 1. The topological polar surface area (TPSA) is 74.3 Å². The molecule has 0 aliphatic carbocycles. The van der Waals surface area contributed by atoms with Gasteiger partial charge in [0.05, 0.1) is 8.07 Å². The first-order valence-electron chi connectivity index (χ1n) is 9.25. The summed E-state index contributed by atoms with van der Waals surface area (Å²) in [5.74, 6) is 0.234. The van der Waals surface area contributed by atoms with Crippen LogP contribution in [0.25, 0.3) is 0 Å². The zero-order valence-corrected chi connectivity index (χ0v) is 22.1. The minimum atomic E-state index is -6.09. The van der Waals surface area contributed by atoms with Gasteiger partial charge in [-0.1, -0.05) is 70.7 Å². The van der Waals surface area contributed by atoms with Gasteiger partial charge in [0.15, 0.2) is 23.0 Å². The van der Waals surface area contributed by atoms with Gasteiger partial charge in [0.25, 0.3) is 0 Å². The Morgan fingerprint density at radius 3 is 1.84 bits per heavy atom. The molecule has 0 aliphatic heterocycles. The number of hydrogen-bond donors (Lipinski definition) is 0. The summed E-state index contributed by atoms with van der Waals surface area (Å²) >= 11 is -0.255. The summed E-state index contributed by atoms with van der Waals surface area (Å²) in [5.41, 5.74) is -5.11. The largest absolute Gasteiger partial charge is 0.741 e. The Morgan fingerprint density at radius 1 is 0.968 bits per heavy atom. The quantitative estimate of drug-likeness (QED) is 0.180. The van der Waals surface area contributed by atoms with Gasteiger partial charge in [-0.25, -0.2) is 8.42 Å². The Morgan fingerprint density at radius 2 is 1.45 bits per heavy atom. The fourth-order valence-corrected chi connectivity index (χ4v) is 8.89. The highest BCUT2D eigenvalue weighted by molar-refractivity contribution is 7.86. The van der Waals surface area contributed by atoms with Crippen LogP contribution >= 0.6 is 0 Å². The second-order valence-corrected chi connectivity index (χ2v) is 18.2. The van der Waals surface area contributed by atoms with Gasteiger partial charge >= 0.3 is 26.7 Å². The molecule has 31 heavy (non-hydrogen) atoms. The van der Waals surface area contributed by atoms with Crippen molar-refractivity contribution in [1.82, 2.24) is 0 Å². The van der Waals surface area contributed by atoms with Crippen LogP contribution in [0.2, 0.25) is 19.6 Å². The van der Waals surface area contributed by atoms with E-state index in [-0.39, 0.29) is 32.4 Å². The standard InChI is InChI=1S/C20H26IOSi.CHF3O3S/c1-20(2,3)19(22)15-12-13-18(23(4,5)6)17(14-15)21-16-10-8-7-9-11-16;2-1(3,4)8(5,6)7/h7-14H,1-6H3;(H,5,6,7)/q+1;/p-1. The average Bonchev–Trinajstić information content (AvgIpc) is 2.59. The summed E-state index contributed by atoms with van der Waals surface area (Å²) in [6.07, 6.45) is 0. The zero-order valence-electron chi connectivity index (χ0n) is 18.2. The number of carbonyl (C=O) groups is 1. The van der Waals surface area contributed by atoms with Crippen molar-refractivity contribution in [3.05, 3.63) is 61.2 Å². The van der Waals surface area contributed by atoms with Gasteiger partial charge in [0.1, 0.15) is 0 Å². The highest BCUT2D eigenvalue weighted by Crippen LogP contribution is 2.21. The van der Waals surface area contributed by atoms with E-state index in [2.05, 4.69) is 62.1 Å². The van der Waals surface area contributed by atoms with E-state index < -0.39 is 23.7 Å². The van der Waals surface area contributed by atoms with Gasteiger partial charge in [0.2, 0.25) is 0 Å². The lowest BCUT2D eigenvalue weighted by Crippen LogP contribution is -3.62. The zero-order chi connectivity index (χ0) is 24.3. The van der Waals surface area contributed by atoms with Crippen LogP contribution in [-0.2, 0) is 10.1 Å². The molecule has 0 bridgehead atoms. The van der Waals surface area contributed by atoms with E-state index in [0.29, 0.717) is 0 Å². The molecule has 0 aliphatic rings. The van der Waals surface area contributed by atoms with E-state index in [9.17, 15) is 18.0 Å². The van der Waals surface area contributed by atoms with Crippen LogP contribution in [0, 0.1) is 12.6 Å². The highest BCUT2D eigenvalue weighted by Gasteiger charge is 2.37. The van der Waals surface area contributed by atoms with Crippen molar-refractivity contribution >= 4 is 29.2 Å². The molecule has 0 aromatic heterocycles. The summed E-state index contributed by atoms with van der Waals surface area (Å²) in [7, 11) is -7.51. The third kappa shape index (κ3) is 8.66. The van der Waals surface area contributed by atoms with Crippen LogP contribution in [0.3, 0.4) is 0 Å². The summed E-state index contributed by atoms with van der Waals surface area (Å²) in [6, 6.07) is 17.1. The monoisotopic (exact) mass is 586 g/mol. The summed E-state index contributed by atoms with van der Waals surface area (Å²) in [4.78, 5) is 12.7. The number of rotatable bonds is 4. The van der Waals surface area contributed by atoms with Crippen molar-refractivity contribution in [3.63, 3.8) is 0 Å². The van der Waals surface area contributed by atoms with Crippen LogP contribution in [0.15, 0.2) is 48.5 Å². The Balaban J connectivity index is 0.000000512. The van der Waals surface area contributed by atoms with Crippen LogP contribution in [0.5, 0.6) is 0 Å². The molecular weight excluding hydrogens is 560 g/mol. The second kappa shape index (κ2) is 10.1. The lowest BCUT2D eigenvalue weighted by molar-refractivity contribution is -0.596. The van der Waals surface area contributed by atoms with E-state index in [4.69, 9.17) is 13.0 Å². The molecule has 0 radical (unpaired) electrons. The molecule has 2 aromatic carbocycles. The van der Waals surface area contributed by atoms with Crippen molar-refractivity contribution in [2.24, 2.45) is 5.41 Å². The first kappa shape index (κ1) is 27.8. The molecule has 0 unspecified atom stereocenters. The number of halogens is 4. The number of alkyl halides is 3. The minimum absolute atomic E-state index is 0.234. The molecule has 0 fully saturated rings. The van der Waals surface area contributed by atoms with E-state index in [0.717, 1.165) is 5.56 Å². The molecule has 0 heterocycles. The van der Waals surface area contributed by atoms with Gasteiger partial charge in [0, 0.05) is 17.0 Å². The van der Waals surface area contributed by atoms with Gasteiger partial charge in [-0.2, -0.15) is 13.2 Å². The first-order chi connectivity index (χ1) is 13.8. The fraction of sp³-hybridized carbons (Fsp3) is 0.381. The maximum Gasteiger partial charge on any atom is 0.485 e. The molecule has 0 atom stereocenters. The number of carbonyl (C=O) groups excluding carboxylic acids is 1. The SMILES string of the molecule is CC(C)(C)C(=O)c1ccc([Si](C)(C)C)c([I+]c2ccccc2)c1.O=S(=O)([O-])C(F)(F)F. The molecule has 2 aromatic rings. The van der Waals surface area contributed by atoms with Crippen LogP contribution < -0.4 is 26.4 Å². The summed E-state index contributed by atoms with van der Waals surface area (Å²) in [6.45, 7) is 13.1. The number of hydrogen-bond acceptors (Lipinski definition) is 4. The van der Waals surface area contributed by atoms with E-state index >= 15 is 0 Å². The molecule has 172 valence electrons. The van der Waals surface area contributed by atoms with E-state index in [1.54, 1.807) is 0 Å². The third-order valence-electron chi connectivity index (χ3n) is 3.95. The smallest absolute Gasteiger partial charge is 0.485 e. The van der Waals surface area contributed by atoms with Crippen molar-refractivity contribution in [2.45, 2.75) is 45.9 Å². The average molecular weight is 586 g/mol. The summed E-state index contributed by atoms with van der Waals surface area (Å²) < 4.78 is 61.7. The molecule has 10 heteroatoms. The van der Waals surface area contributed by atoms with Crippen molar-refractivity contribution < 1.29 is 52.1 Å². The molecule has 0 N–H and O–H groups in total. The molecule has 0 amide bonds. The Bertz CT molecular complexity index is 1010. The van der Waals surface area contributed by atoms with E-state index in [1.807, 2.05) is 26.8 Å². The molecule has 4 nitrogen and oxygen atoms in total. The second-order valence-electron chi connectivity index (χ2n) is 8.81. The first-order valence-corrected chi connectivity index (χ1v) is 16.3. The van der Waals surface area contributed by atoms with Crippen molar-refractivity contribution in [2.75, 3.05) is 0 Å². The van der Waals surface area contributed by atoms with Gasteiger partial charge in [-0.3, -0.25) is 4.79 Å². The molecule has 2 rings (SSSR count). The number of benzene rings is 2. The highest BCUT2D eigenvalue weighted by atomic mass is 127. The maximum atomic E-state index is 12.7. The van der Waals surface area contributed by atoms with Gasteiger partial charge < -0.3 is 4.55 Å². The van der Waals surface area contributed by atoms with Crippen molar-refractivity contribution in [1.29, 1.82) is 0 Å². The lowest BCUT2D eigenvalue weighted by Gasteiger charge is -2.19. The van der Waals surface area contributed by atoms with Gasteiger partial charge in [-0.15, -0.1) is 0 Å². The molecule has 0 spiro atoms. The molecular formula is C21H26F3IO4SSi.